The van der Waals surface area contributed by atoms with Crippen molar-refractivity contribution in [2.24, 2.45) is 0 Å². The lowest BCUT2D eigenvalue weighted by molar-refractivity contribution is 0.496. The molecule has 1 aromatic heterocycles. The van der Waals surface area contributed by atoms with E-state index in [4.69, 9.17) is 11.5 Å². The highest BCUT2D eigenvalue weighted by Crippen LogP contribution is 2.29. The van der Waals surface area contributed by atoms with E-state index in [1.54, 1.807) is 20.8 Å². The molecule has 0 aliphatic carbocycles. The quantitative estimate of drug-likeness (QED) is 0.672. The van der Waals surface area contributed by atoms with Gasteiger partial charge in [-0.15, -0.1) is 0 Å². The first kappa shape index (κ1) is 10.7. The van der Waals surface area contributed by atoms with Gasteiger partial charge in [0.15, 0.2) is 17.5 Å². The van der Waals surface area contributed by atoms with Crippen molar-refractivity contribution in [2.75, 3.05) is 11.5 Å². The largest absolute Gasteiger partial charge is 0.394 e. The molecule has 1 aromatic rings. The lowest BCUT2D eigenvalue weighted by atomic mass is 9.91. The zero-order valence-electron chi connectivity index (χ0n) is 8.36. The number of aromatic nitrogens is 1. The molecule has 1 heterocycles. The molecule has 0 saturated heterocycles. The Balaban J connectivity index is 3.49. The smallest absolute Gasteiger partial charge is 0.191 e. The summed E-state index contributed by atoms with van der Waals surface area (Å²) < 4.78 is 26.5. The molecule has 0 aliphatic heterocycles. The lowest BCUT2D eigenvalue weighted by Gasteiger charge is -2.19. The van der Waals surface area contributed by atoms with Crippen LogP contribution in [0.25, 0.3) is 0 Å². The average molecular weight is 201 g/mol. The van der Waals surface area contributed by atoms with E-state index in [2.05, 4.69) is 4.98 Å². The summed E-state index contributed by atoms with van der Waals surface area (Å²) in [6.45, 7) is 5.24. The van der Waals surface area contributed by atoms with Crippen LogP contribution in [0.1, 0.15) is 26.5 Å². The number of hydrogen-bond donors (Lipinski definition) is 2. The highest BCUT2D eigenvalue weighted by Gasteiger charge is 2.25. The molecular weight excluding hydrogens is 188 g/mol. The number of anilines is 2. The van der Waals surface area contributed by atoms with Gasteiger partial charge in [0.25, 0.3) is 0 Å². The van der Waals surface area contributed by atoms with Crippen LogP contribution in [-0.4, -0.2) is 4.98 Å². The van der Waals surface area contributed by atoms with Crippen LogP contribution in [0.4, 0.5) is 20.3 Å². The van der Waals surface area contributed by atoms with Gasteiger partial charge in [0, 0.05) is 5.41 Å². The Kier molecular flexibility index (Phi) is 2.35. The van der Waals surface area contributed by atoms with Gasteiger partial charge in [-0.2, -0.15) is 0 Å². The Morgan fingerprint density at radius 2 is 1.57 bits per heavy atom. The first-order valence-electron chi connectivity index (χ1n) is 4.15. The van der Waals surface area contributed by atoms with Crippen LogP contribution in [0.3, 0.4) is 0 Å². The minimum atomic E-state index is -0.990. The van der Waals surface area contributed by atoms with Crippen molar-refractivity contribution >= 4 is 11.5 Å². The highest BCUT2D eigenvalue weighted by molar-refractivity contribution is 5.52. The van der Waals surface area contributed by atoms with Gasteiger partial charge in [0.1, 0.15) is 5.69 Å². The summed E-state index contributed by atoms with van der Waals surface area (Å²) in [5.74, 6) is -2.19. The molecule has 0 saturated carbocycles. The van der Waals surface area contributed by atoms with E-state index in [9.17, 15) is 8.78 Å². The SMILES string of the molecule is CC(C)(C)c1nc(N)c(F)c(N)c1F. The maximum Gasteiger partial charge on any atom is 0.191 e. The van der Waals surface area contributed by atoms with Crippen molar-refractivity contribution in [3.63, 3.8) is 0 Å². The molecule has 3 nitrogen and oxygen atoms in total. The predicted molar refractivity (Wildman–Crippen MR) is 51.7 cm³/mol. The molecule has 78 valence electrons. The predicted octanol–water partition coefficient (Wildman–Crippen LogP) is 1.82. The van der Waals surface area contributed by atoms with Crippen molar-refractivity contribution in [3.05, 3.63) is 17.3 Å². The maximum absolute atomic E-state index is 13.5. The van der Waals surface area contributed by atoms with Crippen molar-refractivity contribution < 1.29 is 8.78 Å². The summed E-state index contributed by atoms with van der Waals surface area (Å²) in [7, 11) is 0. The second-order valence-corrected chi connectivity index (χ2v) is 4.14. The first-order valence-corrected chi connectivity index (χ1v) is 4.15. The van der Waals surface area contributed by atoms with Crippen molar-refractivity contribution in [2.45, 2.75) is 26.2 Å². The van der Waals surface area contributed by atoms with Crippen LogP contribution in [-0.2, 0) is 5.41 Å². The molecule has 0 unspecified atom stereocenters. The normalized spacial score (nSPS) is 11.8. The minimum Gasteiger partial charge on any atom is -0.394 e. The monoisotopic (exact) mass is 201 g/mol. The fourth-order valence-corrected chi connectivity index (χ4v) is 1.08. The Hall–Kier alpha value is -1.39. The molecule has 0 aromatic carbocycles. The van der Waals surface area contributed by atoms with Crippen LogP contribution in [0.15, 0.2) is 0 Å². The van der Waals surface area contributed by atoms with Gasteiger partial charge in [-0.25, -0.2) is 13.8 Å². The minimum absolute atomic E-state index is 0.0777. The van der Waals surface area contributed by atoms with E-state index in [1.807, 2.05) is 0 Å². The molecular formula is C9H13F2N3. The summed E-state index contributed by atoms with van der Waals surface area (Å²) in [6.07, 6.45) is 0. The lowest BCUT2D eigenvalue weighted by Crippen LogP contribution is -2.19. The summed E-state index contributed by atoms with van der Waals surface area (Å²) in [5, 5.41) is 0. The second-order valence-electron chi connectivity index (χ2n) is 4.14. The topological polar surface area (TPSA) is 64.9 Å². The Bertz CT molecular complexity index is 369. The third kappa shape index (κ3) is 1.62. The average Bonchev–Trinajstić information content (AvgIpc) is 2.06. The zero-order valence-corrected chi connectivity index (χ0v) is 8.36. The van der Waals surface area contributed by atoms with E-state index >= 15 is 0 Å². The molecule has 0 spiro atoms. The number of nitrogen functional groups attached to an aromatic ring is 2. The molecule has 0 radical (unpaired) electrons. The van der Waals surface area contributed by atoms with Gasteiger partial charge >= 0.3 is 0 Å². The van der Waals surface area contributed by atoms with Crippen molar-refractivity contribution in [1.82, 2.24) is 4.98 Å². The summed E-state index contributed by atoms with van der Waals surface area (Å²) in [6, 6.07) is 0. The maximum atomic E-state index is 13.5. The Labute approximate surface area is 81.1 Å². The summed E-state index contributed by atoms with van der Waals surface area (Å²) in [4.78, 5) is 3.65. The molecule has 0 fully saturated rings. The van der Waals surface area contributed by atoms with Crippen molar-refractivity contribution in [1.29, 1.82) is 0 Å². The van der Waals surface area contributed by atoms with Gasteiger partial charge in [-0.05, 0) is 0 Å². The molecule has 1 rings (SSSR count). The molecule has 0 amide bonds. The molecule has 4 N–H and O–H groups in total. The molecule has 0 bridgehead atoms. The fraction of sp³-hybridized carbons (Fsp3) is 0.444. The first-order chi connectivity index (χ1) is 6.25. The standard InChI is InChI=1S/C9H13F2N3/c1-9(2,3)7-4(10)6(12)5(11)8(13)14-7/h1-3H3,(H4,12,13,14). The fourth-order valence-electron chi connectivity index (χ4n) is 1.08. The Morgan fingerprint density at radius 1 is 1.07 bits per heavy atom. The van der Waals surface area contributed by atoms with Crippen LogP contribution < -0.4 is 11.5 Å². The van der Waals surface area contributed by atoms with Crippen LogP contribution in [0.2, 0.25) is 0 Å². The third-order valence-corrected chi connectivity index (χ3v) is 1.85. The van der Waals surface area contributed by atoms with Gasteiger partial charge < -0.3 is 11.5 Å². The zero-order chi connectivity index (χ0) is 11.1. The van der Waals surface area contributed by atoms with E-state index in [1.165, 1.54) is 0 Å². The van der Waals surface area contributed by atoms with Crippen molar-refractivity contribution in [3.8, 4) is 0 Å². The third-order valence-electron chi connectivity index (χ3n) is 1.85. The summed E-state index contributed by atoms with van der Waals surface area (Å²) >= 11 is 0. The number of pyridine rings is 1. The highest BCUT2D eigenvalue weighted by atomic mass is 19.1. The van der Waals surface area contributed by atoms with E-state index in [0.717, 1.165) is 0 Å². The summed E-state index contributed by atoms with van der Waals surface area (Å²) in [5.41, 5.74) is 9.42. The Morgan fingerprint density at radius 3 is 2.00 bits per heavy atom. The van der Waals surface area contributed by atoms with E-state index in [-0.39, 0.29) is 11.5 Å². The molecule has 5 heteroatoms. The van der Waals surface area contributed by atoms with Crippen LogP contribution in [0.5, 0.6) is 0 Å². The molecule has 0 atom stereocenters. The number of nitrogens with zero attached hydrogens (tertiary/aromatic N) is 1. The van der Waals surface area contributed by atoms with Gasteiger partial charge in [-0.1, -0.05) is 20.8 Å². The number of halogens is 2. The number of rotatable bonds is 0. The van der Waals surface area contributed by atoms with Gasteiger partial charge in [0.2, 0.25) is 0 Å². The van der Waals surface area contributed by atoms with E-state index < -0.39 is 22.7 Å². The van der Waals surface area contributed by atoms with E-state index in [0.29, 0.717) is 0 Å². The van der Waals surface area contributed by atoms with Crippen LogP contribution in [0, 0.1) is 11.6 Å². The van der Waals surface area contributed by atoms with Crippen LogP contribution >= 0.6 is 0 Å². The second kappa shape index (κ2) is 3.08. The van der Waals surface area contributed by atoms with Gasteiger partial charge in [0.05, 0.1) is 5.69 Å². The number of nitrogens with two attached hydrogens (primary N) is 2. The number of hydrogen-bond acceptors (Lipinski definition) is 3. The molecule has 0 aliphatic rings. The van der Waals surface area contributed by atoms with Gasteiger partial charge in [-0.3, -0.25) is 0 Å². The molecule has 14 heavy (non-hydrogen) atoms.